The summed E-state index contributed by atoms with van der Waals surface area (Å²) in [5, 5.41) is 5.64. The van der Waals surface area contributed by atoms with E-state index in [1.54, 1.807) is 44.5 Å². The summed E-state index contributed by atoms with van der Waals surface area (Å²) in [6, 6.07) is 110. The summed E-state index contributed by atoms with van der Waals surface area (Å²) >= 11 is 0. The van der Waals surface area contributed by atoms with Crippen LogP contribution in [0.5, 0.6) is 0 Å². The lowest BCUT2D eigenvalue weighted by Crippen LogP contribution is -2.74. The average molecular weight is 1670 g/mol. The van der Waals surface area contributed by atoms with Crippen molar-refractivity contribution in [3.05, 3.63) is 311 Å². The van der Waals surface area contributed by atoms with Crippen LogP contribution in [0, 0.1) is 0 Å². The first kappa shape index (κ1) is 89.3. The van der Waals surface area contributed by atoms with Crippen molar-refractivity contribution in [3.8, 4) is 89.0 Å². The van der Waals surface area contributed by atoms with Gasteiger partial charge in [-0.25, -0.2) is 0 Å². The number of benzene rings is 12. The van der Waals surface area contributed by atoms with Crippen molar-refractivity contribution in [2.75, 3.05) is 0 Å². The van der Waals surface area contributed by atoms with Crippen LogP contribution in [0.25, 0.3) is 89.0 Å². The molecule has 0 radical (unpaired) electrons. The average Bonchev–Trinajstić information content (AvgIpc) is 1.73. The quantitative estimate of drug-likeness (QED) is 0.0203. The normalized spacial score (nSPS) is 14.3. The maximum Gasteiger partial charge on any atom is 0.179 e. The minimum absolute atomic E-state index is 0.000848. The largest absolute Gasteiger partial charge is 0.179 e. The van der Waals surface area contributed by atoms with Gasteiger partial charge in [-0.1, -0.05) is 504 Å². The van der Waals surface area contributed by atoms with Crippen LogP contribution in [-0.2, 0) is 21.7 Å². The van der Waals surface area contributed by atoms with Gasteiger partial charge < -0.3 is 0 Å². The van der Waals surface area contributed by atoms with Gasteiger partial charge in [-0.2, -0.15) is 0 Å². The van der Waals surface area contributed by atoms with Crippen LogP contribution in [0.3, 0.4) is 0 Å². The zero-order valence-corrected chi connectivity index (χ0v) is 79.2. The Bertz CT molecular complexity index is 4770. The highest BCUT2D eigenvalue weighted by Gasteiger charge is 2.48. The van der Waals surface area contributed by atoms with Crippen molar-refractivity contribution in [3.63, 3.8) is 0 Å². The fourth-order valence-electron chi connectivity index (χ4n) is 24.7. The molecule has 0 spiro atoms. The Hall–Kier alpha value is -9.14. The van der Waals surface area contributed by atoms with Crippen LogP contribution in [-0.4, -0.2) is 8.07 Å². The predicted molar refractivity (Wildman–Crippen MR) is 547 cm³/mol. The molecule has 1 heteroatoms. The third-order valence-corrected chi connectivity index (χ3v) is 36.1. The molecular weight excluding hydrogens is 1520 g/mol. The summed E-state index contributed by atoms with van der Waals surface area (Å²) in [5.41, 5.74) is 34.6. The molecule has 12 aromatic carbocycles. The second-order valence-corrected chi connectivity index (χ2v) is 42.9. The number of fused-ring (bicyclic) bond motifs is 12. The van der Waals surface area contributed by atoms with Crippen LogP contribution in [0.4, 0.5) is 0 Å². The van der Waals surface area contributed by atoms with Gasteiger partial charge in [-0.05, 0) is 230 Å². The number of rotatable bonds is 48. The molecule has 0 amide bonds. The van der Waals surface area contributed by atoms with Crippen molar-refractivity contribution in [1.82, 2.24) is 0 Å². The molecule has 0 unspecified atom stereocenters. The maximum atomic E-state index is 2.67. The fourth-order valence-corrected chi connectivity index (χ4v) is 29.3. The lowest BCUT2D eigenvalue weighted by atomic mass is 9.70. The monoisotopic (exact) mass is 1670 g/mol. The van der Waals surface area contributed by atoms with E-state index in [9.17, 15) is 0 Å². The van der Waals surface area contributed by atoms with E-state index in [1.807, 2.05) is 0 Å². The summed E-state index contributed by atoms with van der Waals surface area (Å²) in [4.78, 5) is 0. The Morgan fingerprint density at radius 1 is 0.152 bits per heavy atom. The summed E-state index contributed by atoms with van der Waals surface area (Å²) in [6.07, 6.45) is 50.4. The highest BCUT2D eigenvalue weighted by molar-refractivity contribution is 7.20. The Morgan fingerprint density at radius 2 is 0.312 bits per heavy atom. The van der Waals surface area contributed by atoms with E-state index in [1.165, 1.54) is 367 Å². The Morgan fingerprint density at radius 3 is 0.488 bits per heavy atom. The fraction of sp³-hybridized carbons (Fsp3) is 0.419. The molecule has 0 atom stereocenters. The van der Waals surface area contributed by atoms with Gasteiger partial charge in [0.15, 0.2) is 8.07 Å². The number of hydrogen-bond donors (Lipinski definition) is 0. The van der Waals surface area contributed by atoms with Gasteiger partial charge in [-0.15, -0.1) is 0 Å². The lowest BCUT2D eigenvalue weighted by molar-refractivity contribution is 0.401. The van der Waals surface area contributed by atoms with E-state index < -0.39 is 8.07 Å². The van der Waals surface area contributed by atoms with Gasteiger partial charge in [0, 0.05) is 21.7 Å². The first-order valence-corrected chi connectivity index (χ1v) is 53.0. The molecule has 0 fully saturated rings. The smallest absolute Gasteiger partial charge is 0.0654 e. The molecular formula is C124H148Si. The van der Waals surface area contributed by atoms with E-state index in [-0.39, 0.29) is 21.7 Å². The van der Waals surface area contributed by atoms with E-state index >= 15 is 0 Å². The van der Waals surface area contributed by atoms with E-state index in [0.29, 0.717) is 0 Å². The second kappa shape index (κ2) is 41.7. The molecule has 0 heterocycles. The molecule has 4 aliphatic carbocycles. The SMILES string of the molecule is CCCCCCC1(CCCCCC)c2ccccc2-c2ccc(-c3ccc([Si](c4ccc(-c5ccc6c(c5)C(CCCCCC)(CCCCCC)c5ccccc5-6)cc4)(c4ccc(-c5ccc6c(c5)C(CCCCCC)(CCCCCC)c5ccccc5-6)cc4)c4ccc(-c5ccc6c(c5)C(CCCCCC)(CCCCCC)c5ccccc5-6)cc4)cc3)cc21. The topological polar surface area (TPSA) is 0 Å². The van der Waals surface area contributed by atoms with Crippen molar-refractivity contribution in [1.29, 1.82) is 0 Å². The molecule has 0 saturated carbocycles. The van der Waals surface area contributed by atoms with Crippen LogP contribution in [0.1, 0.15) is 357 Å². The highest BCUT2D eigenvalue weighted by Crippen LogP contribution is 2.60. The zero-order valence-electron chi connectivity index (χ0n) is 78.2. The van der Waals surface area contributed by atoms with Gasteiger partial charge >= 0.3 is 0 Å². The molecule has 0 aliphatic heterocycles. The van der Waals surface area contributed by atoms with Crippen LogP contribution >= 0.6 is 0 Å². The molecule has 0 aromatic heterocycles. The van der Waals surface area contributed by atoms with Crippen molar-refractivity contribution >= 4 is 28.8 Å². The first-order valence-electron chi connectivity index (χ1n) is 51.0. The lowest BCUT2D eigenvalue weighted by Gasteiger charge is -2.35. The van der Waals surface area contributed by atoms with Gasteiger partial charge in [0.25, 0.3) is 0 Å². The summed E-state index contributed by atoms with van der Waals surface area (Å²) < 4.78 is 0. The van der Waals surface area contributed by atoms with E-state index in [2.05, 4.69) is 322 Å². The molecule has 0 bridgehead atoms. The minimum Gasteiger partial charge on any atom is -0.0654 e. The van der Waals surface area contributed by atoms with Crippen LogP contribution in [0.15, 0.2) is 267 Å². The molecule has 12 aromatic rings. The second-order valence-electron chi connectivity index (χ2n) is 39.1. The van der Waals surface area contributed by atoms with E-state index in [4.69, 9.17) is 0 Å². The summed E-state index contributed by atoms with van der Waals surface area (Å²) in [7, 11) is -3.30. The first-order chi connectivity index (χ1) is 61.6. The van der Waals surface area contributed by atoms with Crippen molar-refractivity contribution in [2.24, 2.45) is 0 Å². The van der Waals surface area contributed by atoms with Crippen LogP contribution in [0.2, 0.25) is 0 Å². The van der Waals surface area contributed by atoms with Gasteiger partial charge in [0.2, 0.25) is 0 Å². The van der Waals surface area contributed by atoms with E-state index in [0.717, 1.165) is 0 Å². The highest BCUT2D eigenvalue weighted by atomic mass is 28.3. The molecule has 0 nitrogen and oxygen atoms in total. The molecule has 0 saturated heterocycles. The van der Waals surface area contributed by atoms with Gasteiger partial charge in [0.1, 0.15) is 0 Å². The Kier molecular flexibility index (Phi) is 29.8. The summed E-state index contributed by atoms with van der Waals surface area (Å²) in [6.45, 7) is 18.9. The number of unbranched alkanes of at least 4 members (excludes halogenated alkanes) is 24. The zero-order chi connectivity index (χ0) is 86.1. The third-order valence-electron chi connectivity index (χ3n) is 31.3. The minimum atomic E-state index is -3.30. The van der Waals surface area contributed by atoms with Crippen molar-refractivity contribution < 1.29 is 0 Å². The molecule has 16 rings (SSSR count). The Labute approximate surface area is 757 Å². The molecule has 0 N–H and O–H groups in total. The molecule has 125 heavy (non-hydrogen) atoms. The Balaban J connectivity index is 0.876. The standard InChI is InChI=1S/C124H148Si/c1-9-17-25-41-81-121(82-42-26-18-10-2)113-53-37-33-49-105(113)109-77-65-97(89-117(109)121)93-57-69-101(70-58-93)125(102-71-59-94(60-72-102)98-66-78-110-106-50-34-38-54-114(106)122(118(110)90-98,83-43-27-19-11-3)84-44-28-20-12-4,103-73-61-95(62-74-103)99-67-79-111-107-51-35-39-55-115(107)123(119(111)91-99,85-45-29-21-13-5)86-46-30-22-14-6)104-75-63-96(64-76-104)100-68-80-112-108-52-36-40-56-116(108)124(120(112)92-100,87-47-31-23-15-7)88-48-32-24-16-8/h33-40,49-80,89-92H,9-32,41-48,81-88H2,1-8H3. The summed E-state index contributed by atoms with van der Waals surface area (Å²) in [5.74, 6) is 0. The van der Waals surface area contributed by atoms with Gasteiger partial charge in [0.05, 0.1) is 0 Å². The van der Waals surface area contributed by atoms with Gasteiger partial charge in [-0.3, -0.25) is 0 Å². The molecule has 4 aliphatic rings. The van der Waals surface area contributed by atoms with Crippen LogP contribution < -0.4 is 20.7 Å². The predicted octanol–water partition coefficient (Wildman–Crippen LogP) is 34.6. The number of hydrogen-bond acceptors (Lipinski definition) is 0. The van der Waals surface area contributed by atoms with Crippen molar-refractivity contribution in [2.45, 2.75) is 334 Å². The molecule has 648 valence electrons. The maximum absolute atomic E-state index is 3.30. The third kappa shape index (κ3) is 17.8.